The van der Waals surface area contributed by atoms with E-state index in [-0.39, 0.29) is 11.6 Å². The number of benzene rings is 1. The van der Waals surface area contributed by atoms with Gasteiger partial charge in [-0.1, -0.05) is 13.0 Å². The minimum atomic E-state index is -0.0751. The van der Waals surface area contributed by atoms with E-state index in [4.69, 9.17) is 0 Å². The predicted molar refractivity (Wildman–Crippen MR) is 108 cm³/mol. The third-order valence-corrected chi connectivity index (χ3v) is 7.28. The van der Waals surface area contributed by atoms with Crippen molar-refractivity contribution in [2.24, 2.45) is 11.8 Å². The Bertz CT molecular complexity index is 783. The van der Waals surface area contributed by atoms with E-state index in [1.807, 2.05) is 25.1 Å². The lowest BCUT2D eigenvalue weighted by molar-refractivity contribution is 0.295. The lowest BCUT2D eigenvalue weighted by Gasteiger charge is -2.22. The van der Waals surface area contributed by atoms with Gasteiger partial charge in [0.2, 0.25) is 0 Å². The van der Waals surface area contributed by atoms with Crippen LogP contribution in [-0.4, -0.2) is 39.9 Å². The van der Waals surface area contributed by atoms with Crippen LogP contribution in [0.5, 0.6) is 5.75 Å². The first-order chi connectivity index (χ1) is 13.0. The first-order valence-electron chi connectivity index (χ1n) is 9.78. The maximum atomic E-state index is 14.1. The highest BCUT2D eigenvalue weighted by Gasteiger charge is 2.41. The monoisotopic (exact) mass is 386 g/mol. The van der Waals surface area contributed by atoms with Gasteiger partial charge in [-0.05, 0) is 61.4 Å². The maximum absolute atomic E-state index is 14.1. The quantitative estimate of drug-likeness (QED) is 0.798. The molecule has 1 saturated heterocycles. The van der Waals surface area contributed by atoms with E-state index < -0.39 is 0 Å². The highest BCUT2D eigenvalue weighted by molar-refractivity contribution is 8.00. The highest BCUT2D eigenvalue weighted by atomic mass is 32.2. The van der Waals surface area contributed by atoms with Crippen molar-refractivity contribution in [1.29, 1.82) is 0 Å². The van der Waals surface area contributed by atoms with Crippen molar-refractivity contribution in [2.75, 3.05) is 19.6 Å². The zero-order valence-corrected chi connectivity index (χ0v) is 16.8. The van der Waals surface area contributed by atoms with Crippen molar-refractivity contribution in [3.8, 4) is 5.75 Å². The average Bonchev–Trinajstić information content (AvgIpc) is 3.15. The van der Waals surface area contributed by atoms with E-state index in [2.05, 4.69) is 16.8 Å². The second kappa shape index (κ2) is 7.80. The van der Waals surface area contributed by atoms with Crippen LogP contribution in [0, 0.1) is 24.6 Å². The molecule has 1 aromatic heterocycles. The van der Waals surface area contributed by atoms with Crippen LogP contribution in [0.25, 0.3) is 0 Å². The smallest absolute Gasteiger partial charge is 0.137 e. The minimum Gasteiger partial charge on any atom is -0.506 e. The molecule has 0 bridgehead atoms. The molecule has 1 aromatic carbocycles. The van der Waals surface area contributed by atoms with Crippen molar-refractivity contribution < 1.29 is 9.50 Å². The summed E-state index contributed by atoms with van der Waals surface area (Å²) in [6, 6.07) is 9.20. The zero-order chi connectivity index (χ0) is 19.0. The molecule has 2 heterocycles. The fourth-order valence-corrected chi connectivity index (χ4v) is 6.00. The largest absolute Gasteiger partial charge is 0.506 e. The number of aromatic hydroxyl groups is 1. The van der Waals surface area contributed by atoms with Crippen LogP contribution in [0.2, 0.25) is 0 Å². The van der Waals surface area contributed by atoms with Crippen LogP contribution in [0.1, 0.15) is 36.9 Å². The van der Waals surface area contributed by atoms with Crippen LogP contribution in [0.15, 0.2) is 41.4 Å². The number of hydrogen-bond acceptors (Lipinski definition) is 4. The van der Waals surface area contributed by atoms with Gasteiger partial charge in [0.15, 0.2) is 0 Å². The summed E-state index contributed by atoms with van der Waals surface area (Å²) >= 11 is 1.73. The number of likely N-dealkylation sites (tertiary alicyclic amines) is 1. The SMILES string of the molecule is Cc1ccc(SC2C[C@@H]3CN(CC(C)c4ccc(O)cn4)C[C@@H]3C2)c(F)c1. The van der Waals surface area contributed by atoms with E-state index in [1.165, 1.54) is 19.0 Å². The van der Waals surface area contributed by atoms with Crippen molar-refractivity contribution in [3.63, 3.8) is 0 Å². The molecule has 1 aliphatic heterocycles. The van der Waals surface area contributed by atoms with Gasteiger partial charge in [0.05, 0.1) is 6.20 Å². The number of nitrogens with zero attached hydrogens (tertiary/aromatic N) is 2. The summed E-state index contributed by atoms with van der Waals surface area (Å²) < 4.78 is 14.1. The van der Waals surface area contributed by atoms with E-state index >= 15 is 0 Å². The third-order valence-electron chi connectivity index (χ3n) is 5.97. The molecule has 0 radical (unpaired) electrons. The molecule has 2 fully saturated rings. The summed E-state index contributed by atoms with van der Waals surface area (Å²) in [5, 5.41) is 9.93. The molecule has 2 aliphatic rings. The van der Waals surface area contributed by atoms with Gasteiger partial charge in [0, 0.05) is 41.4 Å². The van der Waals surface area contributed by atoms with Gasteiger partial charge < -0.3 is 10.0 Å². The molecule has 4 atom stereocenters. The first-order valence-corrected chi connectivity index (χ1v) is 10.7. The molecule has 0 amide bonds. The minimum absolute atomic E-state index is 0.0751. The molecule has 2 aromatic rings. The summed E-state index contributed by atoms with van der Waals surface area (Å²) in [6.07, 6.45) is 3.90. The maximum Gasteiger partial charge on any atom is 0.137 e. The van der Waals surface area contributed by atoms with Crippen LogP contribution < -0.4 is 0 Å². The molecule has 0 spiro atoms. The lowest BCUT2D eigenvalue weighted by Crippen LogP contribution is -2.27. The summed E-state index contributed by atoms with van der Waals surface area (Å²) in [5.74, 6) is 1.97. The average molecular weight is 387 g/mol. The van der Waals surface area contributed by atoms with Gasteiger partial charge in [-0.15, -0.1) is 11.8 Å². The molecule has 1 N–H and O–H groups in total. The standard InChI is InChI=1S/C22H27FN2OS/c1-14-3-6-22(20(23)7-14)27-19-8-16-12-25(13-17(16)9-19)11-15(2)21-5-4-18(26)10-24-21/h3-7,10,15-17,19,26H,8-9,11-13H2,1-2H3/t15?,16-,17+,19?. The summed E-state index contributed by atoms with van der Waals surface area (Å²) in [4.78, 5) is 7.71. The Hall–Kier alpha value is -1.59. The number of aromatic nitrogens is 1. The van der Waals surface area contributed by atoms with Gasteiger partial charge in [-0.2, -0.15) is 0 Å². The second-order valence-corrected chi connectivity index (χ2v) is 9.57. The molecular formula is C22H27FN2OS. The van der Waals surface area contributed by atoms with Crippen LogP contribution in [-0.2, 0) is 0 Å². The van der Waals surface area contributed by atoms with Gasteiger partial charge >= 0.3 is 0 Å². The Balaban J connectivity index is 1.29. The van der Waals surface area contributed by atoms with Gasteiger partial charge in [0.25, 0.3) is 0 Å². The van der Waals surface area contributed by atoms with Crippen molar-refractivity contribution in [2.45, 2.75) is 42.8 Å². The molecule has 2 unspecified atom stereocenters. The molecule has 1 saturated carbocycles. The molecule has 4 rings (SSSR count). The van der Waals surface area contributed by atoms with Gasteiger partial charge in [-0.25, -0.2) is 4.39 Å². The Morgan fingerprint density at radius 3 is 2.59 bits per heavy atom. The van der Waals surface area contributed by atoms with Crippen molar-refractivity contribution in [3.05, 3.63) is 53.6 Å². The fourth-order valence-electron chi connectivity index (χ4n) is 4.64. The summed E-state index contributed by atoms with van der Waals surface area (Å²) in [6.45, 7) is 7.42. The molecule has 144 valence electrons. The number of rotatable bonds is 5. The van der Waals surface area contributed by atoms with E-state index in [0.717, 1.165) is 47.6 Å². The molecule has 27 heavy (non-hydrogen) atoms. The lowest BCUT2D eigenvalue weighted by atomic mass is 10.0. The van der Waals surface area contributed by atoms with E-state index in [1.54, 1.807) is 23.9 Å². The summed E-state index contributed by atoms with van der Waals surface area (Å²) in [7, 11) is 0. The topological polar surface area (TPSA) is 36.4 Å². The van der Waals surface area contributed by atoms with Crippen molar-refractivity contribution >= 4 is 11.8 Å². The second-order valence-electron chi connectivity index (χ2n) is 8.23. The van der Waals surface area contributed by atoms with Crippen LogP contribution in [0.3, 0.4) is 0 Å². The summed E-state index contributed by atoms with van der Waals surface area (Å²) in [5.41, 5.74) is 2.01. The van der Waals surface area contributed by atoms with Gasteiger partial charge in [-0.3, -0.25) is 4.98 Å². The van der Waals surface area contributed by atoms with Crippen LogP contribution in [0.4, 0.5) is 4.39 Å². The van der Waals surface area contributed by atoms with Gasteiger partial charge in [0.1, 0.15) is 11.6 Å². The third kappa shape index (κ3) is 4.30. The van der Waals surface area contributed by atoms with E-state index in [0.29, 0.717) is 11.2 Å². The van der Waals surface area contributed by atoms with Crippen molar-refractivity contribution in [1.82, 2.24) is 9.88 Å². The zero-order valence-electron chi connectivity index (χ0n) is 15.9. The van der Waals surface area contributed by atoms with Crippen LogP contribution >= 0.6 is 11.8 Å². The Morgan fingerprint density at radius 1 is 1.22 bits per heavy atom. The Morgan fingerprint density at radius 2 is 1.96 bits per heavy atom. The van der Waals surface area contributed by atoms with E-state index in [9.17, 15) is 9.50 Å². The first kappa shape index (κ1) is 18.8. The number of thioether (sulfide) groups is 1. The normalized spacial score (nSPS) is 26.3. The molecule has 3 nitrogen and oxygen atoms in total. The predicted octanol–water partition coefficient (Wildman–Crippen LogP) is 4.84. The Labute approximate surface area is 165 Å². The number of aryl methyl sites for hydroxylation is 1. The molecule has 5 heteroatoms. The number of hydrogen-bond donors (Lipinski definition) is 1. The number of halogens is 1. The fraction of sp³-hybridized carbons (Fsp3) is 0.500. The highest BCUT2D eigenvalue weighted by Crippen LogP contribution is 2.45. The molecular weight excluding hydrogens is 359 g/mol. The Kier molecular flexibility index (Phi) is 5.42. The number of pyridine rings is 1. The number of fused-ring (bicyclic) bond motifs is 1. The molecule has 1 aliphatic carbocycles.